The van der Waals surface area contributed by atoms with Crippen molar-refractivity contribution in [3.05, 3.63) is 59.8 Å². The molecule has 3 rings (SSSR count). The topological polar surface area (TPSA) is 59.4 Å². The lowest BCUT2D eigenvalue weighted by Crippen LogP contribution is -2.06. The summed E-state index contributed by atoms with van der Waals surface area (Å²) in [5.74, 6) is -0.810. The number of nitrogens with zero attached hydrogens (tertiary/aromatic N) is 1. The summed E-state index contributed by atoms with van der Waals surface area (Å²) < 4.78 is 4.71. The Balaban J connectivity index is 2.35. The second-order valence-electron chi connectivity index (χ2n) is 5.06. The first-order valence-electron chi connectivity index (χ1n) is 6.89. The Bertz CT molecular complexity index is 854. The van der Waals surface area contributed by atoms with Gasteiger partial charge in [-0.25, -0.2) is 9.78 Å². The molecule has 0 atom stereocenters. The van der Waals surface area contributed by atoms with E-state index in [2.05, 4.69) is 4.98 Å². The number of ether oxygens (including phenoxy) is 1. The second-order valence-corrected chi connectivity index (χ2v) is 5.06. The zero-order valence-corrected chi connectivity index (χ0v) is 12.3. The highest BCUT2D eigenvalue weighted by Crippen LogP contribution is 2.34. The van der Waals surface area contributed by atoms with Crippen LogP contribution in [-0.2, 0) is 4.74 Å². The molecule has 0 bridgehead atoms. The van der Waals surface area contributed by atoms with Gasteiger partial charge in [0.25, 0.3) is 0 Å². The maximum atomic E-state index is 11.9. The van der Waals surface area contributed by atoms with Gasteiger partial charge in [0.05, 0.1) is 12.8 Å². The van der Waals surface area contributed by atoms with Crippen molar-refractivity contribution in [1.82, 2.24) is 4.98 Å². The molecule has 0 spiro atoms. The first kappa shape index (κ1) is 14.1. The molecule has 0 saturated carbocycles. The molecule has 1 aromatic heterocycles. The monoisotopic (exact) mass is 293 g/mol. The van der Waals surface area contributed by atoms with Crippen molar-refractivity contribution in [2.75, 3.05) is 7.11 Å². The fourth-order valence-corrected chi connectivity index (χ4v) is 2.42. The third-order valence-corrected chi connectivity index (χ3v) is 3.59. The number of methoxy groups -OCH3 is 1. The highest BCUT2D eigenvalue weighted by Gasteiger charge is 2.20. The smallest absolute Gasteiger partial charge is 0.360 e. The van der Waals surface area contributed by atoms with Gasteiger partial charge in [-0.05, 0) is 6.92 Å². The van der Waals surface area contributed by atoms with Crippen LogP contribution >= 0.6 is 0 Å². The molecule has 0 aliphatic carbocycles. The van der Waals surface area contributed by atoms with E-state index in [1.54, 1.807) is 6.07 Å². The van der Waals surface area contributed by atoms with E-state index in [9.17, 15) is 9.90 Å². The van der Waals surface area contributed by atoms with Gasteiger partial charge in [0.15, 0.2) is 11.4 Å². The molecule has 2 aromatic carbocycles. The molecule has 4 heteroatoms. The molecular formula is C18H15NO3. The number of aromatic nitrogens is 1. The molecule has 0 fully saturated rings. The number of rotatable bonds is 2. The number of esters is 1. The van der Waals surface area contributed by atoms with Crippen LogP contribution in [0.5, 0.6) is 5.75 Å². The quantitative estimate of drug-likeness (QED) is 0.732. The molecule has 0 unspecified atom stereocenters. The third kappa shape index (κ3) is 2.29. The maximum absolute atomic E-state index is 11.9. The summed E-state index contributed by atoms with van der Waals surface area (Å²) >= 11 is 0. The lowest BCUT2D eigenvalue weighted by molar-refractivity contribution is 0.0591. The Hall–Kier alpha value is -2.88. The minimum atomic E-state index is -0.656. The normalized spacial score (nSPS) is 10.6. The molecule has 3 aromatic rings. The third-order valence-electron chi connectivity index (χ3n) is 3.59. The first-order valence-corrected chi connectivity index (χ1v) is 6.89. The Morgan fingerprint density at radius 1 is 1.05 bits per heavy atom. The number of hydrogen-bond donors (Lipinski definition) is 1. The van der Waals surface area contributed by atoms with Crippen molar-refractivity contribution < 1.29 is 14.6 Å². The average molecular weight is 293 g/mol. The van der Waals surface area contributed by atoms with Crippen LogP contribution in [0.3, 0.4) is 0 Å². The van der Waals surface area contributed by atoms with Crippen molar-refractivity contribution in [3.8, 4) is 17.0 Å². The Morgan fingerprint density at radius 2 is 1.68 bits per heavy atom. The summed E-state index contributed by atoms with van der Waals surface area (Å²) in [7, 11) is 1.27. The van der Waals surface area contributed by atoms with Gasteiger partial charge in [-0.3, -0.25) is 0 Å². The molecule has 0 amide bonds. The second kappa shape index (κ2) is 5.48. The van der Waals surface area contributed by atoms with Crippen LogP contribution in [0.4, 0.5) is 0 Å². The van der Waals surface area contributed by atoms with Crippen molar-refractivity contribution in [3.63, 3.8) is 0 Å². The number of aromatic hydroxyl groups is 1. The summed E-state index contributed by atoms with van der Waals surface area (Å²) in [5.41, 5.74) is 2.59. The molecule has 0 radical (unpaired) electrons. The van der Waals surface area contributed by atoms with E-state index in [-0.39, 0.29) is 11.4 Å². The number of pyridine rings is 1. The predicted molar refractivity (Wildman–Crippen MR) is 84.9 cm³/mol. The Kier molecular flexibility index (Phi) is 3.51. The standard InChI is InChI=1S/C18H15NO3/c1-11-7-9-12(10-8-11)15-13-5-3-4-6-14(13)17(20)16(19-15)18(21)22-2/h3-10,20H,1-2H3. The van der Waals surface area contributed by atoms with Gasteiger partial charge >= 0.3 is 5.97 Å². The van der Waals surface area contributed by atoms with Crippen LogP contribution in [0.15, 0.2) is 48.5 Å². The number of hydrogen-bond acceptors (Lipinski definition) is 4. The number of carbonyl (C=O) groups excluding carboxylic acids is 1. The summed E-state index contributed by atoms with van der Waals surface area (Å²) in [4.78, 5) is 16.2. The van der Waals surface area contributed by atoms with Crippen LogP contribution in [0, 0.1) is 6.92 Å². The summed E-state index contributed by atoms with van der Waals surface area (Å²) in [6, 6.07) is 15.2. The van der Waals surface area contributed by atoms with Gasteiger partial charge in [-0.2, -0.15) is 0 Å². The van der Waals surface area contributed by atoms with Gasteiger partial charge in [-0.15, -0.1) is 0 Å². The molecule has 0 aliphatic rings. The van der Waals surface area contributed by atoms with Crippen molar-refractivity contribution in [2.45, 2.75) is 6.92 Å². The van der Waals surface area contributed by atoms with E-state index in [1.807, 2.05) is 49.4 Å². The van der Waals surface area contributed by atoms with Crippen molar-refractivity contribution >= 4 is 16.7 Å². The van der Waals surface area contributed by atoms with Gasteiger partial charge in [-0.1, -0.05) is 54.1 Å². The molecule has 1 heterocycles. The summed E-state index contributed by atoms with van der Waals surface area (Å²) in [6.45, 7) is 2.01. The fraction of sp³-hybridized carbons (Fsp3) is 0.111. The zero-order valence-electron chi connectivity index (χ0n) is 12.3. The molecular weight excluding hydrogens is 278 g/mol. The van der Waals surface area contributed by atoms with E-state index >= 15 is 0 Å². The minimum absolute atomic E-state index is 0.0724. The molecule has 0 saturated heterocycles. The number of fused-ring (bicyclic) bond motifs is 1. The number of benzene rings is 2. The Morgan fingerprint density at radius 3 is 2.32 bits per heavy atom. The molecule has 1 N–H and O–H groups in total. The largest absolute Gasteiger partial charge is 0.505 e. The van der Waals surface area contributed by atoms with Crippen molar-refractivity contribution in [1.29, 1.82) is 0 Å². The van der Waals surface area contributed by atoms with E-state index in [4.69, 9.17) is 4.74 Å². The molecule has 22 heavy (non-hydrogen) atoms. The van der Waals surface area contributed by atoms with Gasteiger partial charge in [0.1, 0.15) is 0 Å². The van der Waals surface area contributed by atoms with Crippen LogP contribution in [-0.4, -0.2) is 23.2 Å². The van der Waals surface area contributed by atoms with Crippen molar-refractivity contribution in [2.24, 2.45) is 0 Å². The van der Waals surface area contributed by atoms with Crippen LogP contribution in [0.1, 0.15) is 16.1 Å². The van der Waals surface area contributed by atoms with Crippen LogP contribution in [0.25, 0.3) is 22.0 Å². The van der Waals surface area contributed by atoms with Crippen LogP contribution in [0.2, 0.25) is 0 Å². The maximum Gasteiger partial charge on any atom is 0.360 e. The molecule has 110 valence electrons. The number of aryl methyl sites for hydroxylation is 1. The zero-order chi connectivity index (χ0) is 15.7. The predicted octanol–water partition coefficient (Wildman–Crippen LogP) is 3.70. The van der Waals surface area contributed by atoms with E-state index in [1.165, 1.54) is 7.11 Å². The highest BCUT2D eigenvalue weighted by atomic mass is 16.5. The molecule has 4 nitrogen and oxygen atoms in total. The molecule has 0 aliphatic heterocycles. The minimum Gasteiger partial charge on any atom is -0.505 e. The van der Waals surface area contributed by atoms with E-state index in [0.717, 1.165) is 16.5 Å². The fourth-order valence-electron chi connectivity index (χ4n) is 2.42. The lowest BCUT2D eigenvalue weighted by Gasteiger charge is -2.11. The summed E-state index contributed by atoms with van der Waals surface area (Å²) in [6.07, 6.45) is 0. The summed E-state index contributed by atoms with van der Waals surface area (Å²) in [5, 5.41) is 11.7. The van der Waals surface area contributed by atoms with Gasteiger partial charge in [0, 0.05) is 16.3 Å². The highest BCUT2D eigenvalue weighted by molar-refractivity contribution is 6.04. The SMILES string of the molecule is COC(=O)c1nc(-c2ccc(C)cc2)c2ccccc2c1O. The van der Waals surface area contributed by atoms with Gasteiger partial charge < -0.3 is 9.84 Å². The van der Waals surface area contributed by atoms with E-state index < -0.39 is 5.97 Å². The van der Waals surface area contributed by atoms with E-state index in [0.29, 0.717) is 11.1 Å². The number of carbonyl (C=O) groups is 1. The first-order chi connectivity index (χ1) is 10.6. The average Bonchev–Trinajstić information content (AvgIpc) is 2.56. The Labute approximate surface area is 128 Å². The van der Waals surface area contributed by atoms with Crippen LogP contribution < -0.4 is 0 Å². The van der Waals surface area contributed by atoms with Gasteiger partial charge in [0.2, 0.25) is 0 Å². The lowest BCUT2D eigenvalue weighted by atomic mass is 10.0.